The molecular formula is C24H21N5O4. The zero-order chi connectivity index (χ0) is 23.4. The lowest BCUT2D eigenvalue weighted by Gasteiger charge is -2.22. The van der Waals surface area contributed by atoms with E-state index in [0.29, 0.717) is 0 Å². The van der Waals surface area contributed by atoms with E-state index in [4.69, 9.17) is 0 Å². The molecule has 2 atom stereocenters. The summed E-state index contributed by atoms with van der Waals surface area (Å²) in [4.78, 5) is 43.2. The summed E-state index contributed by atoms with van der Waals surface area (Å²) in [5.41, 5.74) is 3.29. The molecule has 0 fully saturated rings. The quantitative estimate of drug-likeness (QED) is 0.297. The first-order valence-electron chi connectivity index (χ1n) is 10.3. The van der Waals surface area contributed by atoms with Crippen LogP contribution < -0.4 is 10.6 Å². The molecule has 3 N–H and O–H groups in total. The van der Waals surface area contributed by atoms with E-state index in [1.807, 2.05) is 48.5 Å². The highest BCUT2D eigenvalue weighted by molar-refractivity contribution is 5.98. The number of hydrogen-bond donors (Lipinski definition) is 3. The summed E-state index contributed by atoms with van der Waals surface area (Å²) in [6, 6.07) is 19.2. The summed E-state index contributed by atoms with van der Waals surface area (Å²) in [6.07, 6.45) is 1.61. The van der Waals surface area contributed by atoms with Gasteiger partial charge >= 0.3 is 0 Å². The van der Waals surface area contributed by atoms with Crippen LogP contribution in [0.25, 0.3) is 11.0 Å². The van der Waals surface area contributed by atoms with Crippen molar-refractivity contribution >= 4 is 28.5 Å². The van der Waals surface area contributed by atoms with Gasteiger partial charge in [-0.15, -0.1) is 0 Å². The van der Waals surface area contributed by atoms with Gasteiger partial charge in [0.15, 0.2) is 0 Å². The fraction of sp³-hybridized carbons (Fsp3) is 0.125. The minimum atomic E-state index is -0.876. The number of aromatic nitrogens is 2. The van der Waals surface area contributed by atoms with E-state index in [9.17, 15) is 19.7 Å². The molecule has 3 aromatic carbocycles. The lowest BCUT2D eigenvalue weighted by Crippen LogP contribution is -2.46. The van der Waals surface area contributed by atoms with Gasteiger partial charge in [-0.25, -0.2) is 4.98 Å². The normalized spacial score (nSPS) is 12.6. The highest BCUT2D eigenvalue weighted by atomic mass is 16.6. The molecule has 0 saturated heterocycles. The van der Waals surface area contributed by atoms with Crippen LogP contribution in [-0.2, 0) is 4.79 Å². The molecule has 1 heterocycles. The van der Waals surface area contributed by atoms with Crippen molar-refractivity contribution in [3.63, 3.8) is 0 Å². The van der Waals surface area contributed by atoms with Crippen LogP contribution in [-0.4, -0.2) is 32.7 Å². The zero-order valence-electron chi connectivity index (χ0n) is 17.7. The first-order valence-corrected chi connectivity index (χ1v) is 10.3. The standard InChI is InChI=1S/C24H21N5O4/c1-15(27-24(31)18-8-5-9-19(12-18)29(32)33)23(30)28-22(16-6-3-2-4-7-16)17-10-11-20-21(13-17)26-14-25-20/h2-15,22H,1H3,(H,25,26)(H,27,31)(H,28,30). The average Bonchev–Trinajstić information content (AvgIpc) is 3.31. The molecule has 0 radical (unpaired) electrons. The summed E-state index contributed by atoms with van der Waals surface area (Å²) in [5.74, 6) is -0.969. The highest BCUT2D eigenvalue weighted by Gasteiger charge is 2.23. The summed E-state index contributed by atoms with van der Waals surface area (Å²) in [6.45, 7) is 1.56. The summed E-state index contributed by atoms with van der Waals surface area (Å²) in [7, 11) is 0. The molecule has 0 aliphatic rings. The van der Waals surface area contributed by atoms with Crippen molar-refractivity contribution in [3.05, 3.63) is 106 Å². The van der Waals surface area contributed by atoms with E-state index in [2.05, 4.69) is 20.6 Å². The Morgan fingerprint density at radius 1 is 0.970 bits per heavy atom. The smallest absolute Gasteiger partial charge is 0.270 e. The summed E-state index contributed by atoms with van der Waals surface area (Å²) in [5, 5.41) is 16.6. The number of benzene rings is 3. The molecule has 33 heavy (non-hydrogen) atoms. The van der Waals surface area contributed by atoms with Crippen molar-refractivity contribution in [2.45, 2.75) is 19.0 Å². The van der Waals surface area contributed by atoms with E-state index in [1.165, 1.54) is 24.3 Å². The summed E-state index contributed by atoms with van der Waals surface area (Å²) < 4.78 is 0. The Balaban J connectivity index is 1.53. The molecule has 1 aromatic heterocycles. The molecule has 9 heteroatoms. The van der Waals surface area contributed by atoms with E-state index in [-0.39, 0.29) is 11.3 Å². The van der Waals surface area contributed by atoms with Crippen LogP contribution in [0.3, 0.4) is 0 Å². The third-order valence-electron chi connectivity index (χ3n) is 5.26. The van der Waals surface area contributed by atoms with E-state index in [1.54, 1.807) is 13.3 Å². The number of nitrogens with one attached hydrogen (secondary N) is 3. The van der Waals surface area contributed by atoms with Gasteiger partial charge < -0.3 is 15.6 Å². The molecule has 4 rings (SSSR count). The number of non-ortho nitro benzene ring substituents is 1. The second-order valence-corrected chi connectivity index (χ2v) is 7.53. The van der Waals surface area contributed by atoms with Crippen LogP contribution >= 0.6 is 0 Å². The van der Waals surface area contributed by atoms with Crippen molar-refractivity contribution in [3.8, 4) is 0 Å². The number of carbonyl (C=O) groups excluding carboxylic acids is 2. The highest BCUT2D eigenvalue weighted by Crippen LogP contribution is 2.25. The Bertz CT molecular complexity index is 1320. The number of imidazole rings is 1. The molecule has 4 aromatic rings. The Morgan fingerprint density at radius 3 is 2.52 bits per heavy atom. The largest absolute Gasteiger partial charge is 0.345 e. The van der Waals surface area contributed by atoms with Crippen molar-refractivity contribution in [2.24, 2.45) is 0 Å². The molecular weight excluding hydrogens is 422 g/mol. The predicted octanol–water partition coefficient (Wildman–Crippen LogP) is 3.50. The first-order chi connectivity index (χ1) is 15.9. The Morgan fingerprint density at radius 2 is 1.76 bits per heavy atom. The number of amides is 2. The van der Waals surface area contributed by atoms with Gasteiger partial charge in [-0.1, -0.05) is 42.5 Å². The zero-order valence-corrected chi connectivity index (χ0v) is 17.7. The van der Waals surface area contributed by atoms with Crippen LogP contribution in [0.1, 0.15) is 34.5 Å². The van der Waals surface area contributed by atoms with Gasteiger partial charge in [-0.05, 0) is 36.2 Å². The number of nitrogens with zero attached hydrogens (tertiary/aromatic N) is 2. The molecule has 166 valence electrons. The maximum absolute atomic E-state index is 13.0. The molecule has 2 unspecified atom stereocenters. The van der Waals surface area contributed by atoms with Crippen LogP contribution in [0.5, 0.6) is 0 Å². The third-order valence-corrected chi connectivity index (χ3v) is 5.26. The molecule has 9 nitrogen and oxygen atoms in total. The first kappa shape index (κ1) is 21.7. The molecule has 2 amide bonds. The maximum Gasteiger partial charge on any atom is 0.270 e. The van der Waals surface area contributed by atoms with Gasteiger partial charge in [-0.2, -0.15) is 0 Å². The maximum atomic E-state index is 13.0. The van der Waals surface area contributed by atoms with Gasteiger partial charge in [0.25, 0.3) is 11.6 Å². The van der Waals surface area contributed by atoms with Gasteiger partial charge in [0.1, 0.15) is 6.04 Å². The number of rotatable bonds is 7. The number of fused-ring (bicyclic) bond motifs is 1. The number of hydrogen-bond acceptors (Lipinski definition) is 5. The van der Waals surface area contributed by atoms with E-state index < -0.39 is 28.8 Å². The monoisotopic (exact) mass is 443 g/mol. The van der Waals surface area contributed by atoms with Gasteiger partial charge in [0.2, 0.25) is 5.91 Å². The minimum Gasteiger partial charge on any atom is -0.345 e. The van der Waals surface area contributed by atoms with Gasteiger partial charge in [0, 0.05) is 17.7 Å². The third kappa shape index (κ3) is 4.87. The minimum absolute atomic E-state index is 0.105. The van der Waals surface area contributed by atoms with Crippen LogP contribution in [0.2, 0.25) is 0 Å². The predicted molar refractivity (Wildman–Crippen MR) is 123 cm³/mol. The molecule has 0 aliphatic heterocycles. The van der Waals surface area contributed by atoms with Crippen LogP contribution in [0.15, 0.2) is 79.1 Å². The van der Waals surface area contributed by atoms with Crippen molar-refractivity contribution in [1.82, 2.24) is 20.6 Å². The molecule has 0 aliphatic carbocycles. The fourth-order valence-electron chi connectivity index (χ4n) is 3.51. The second kappa shape index (κ2) is 9.31. The SMILES string of the molecule is CC(NC(=O)c1cccc([N+](=O)[O-])c1)C(=O)NC(c1ccccc1)c1ccc2nc[nH]c2c1. The van der Waals surface area contributed by atoms with E-state index in [0.717, 1.165) is 22.2 Å². The number of carbonyl (C=O) groups is 2. The van der Waals surface area contributed by atoms with Crippen LogP contribution in [0.4, 0.5) is 5.69 Å². The number of nitro benzene ring substituents is 1. The topological polar surface area (TPSA) is 130 Å². The molecule has 0 saturated carbocycles. The Labute approximate surface area is 189 Å². The van der Waals surface area contributed by atoms with Crippen molar-refractivity contribution in [2.75, 3.05) is 0 Å². The van der Waals surface area contributed by atoms with Crippen molar-refractivity contribution in [1.29, 1.82) is 0 Å². The van der Waals surface area contributed by atoms with E-state index >= 15 is 0 Å². The van der Waals surface area contributed by atoms with Crippen LogP contribution in [0, 0.1) is 10.1 Å². The van der Waals surface area contributed by atoms with Gasteiger partial charge in [-0.3, -0.25) is 19.7 Å². The Hall–Kier alpha value is -4.53. The number of nitro groups is 1. The number of aromatic amines is 1. The fourth-order valence-corrected chi connectivity index (χ4v) is 3.51. The van der Waals surface area contributed by atoms with Gasteiger partial charge in [0.05, 0.1) is 28.3 Å². The lowest BCUT2D eigenvalue weighted by molar-refractivity contribution is -0.384. The second-order valence-electron chi connectivity index (χ2n) is 7.53. The summed E-state index contributed by atoms with van der Waals surface area (Å²) >= 11 is 0. The molecule has 0 spiro atoms. The number of H-pyrrole nitrogens is 1. The lowest BCUT2D eigenvalue weighted by atomic mass is 9.98. The molecule has 0 bridgehead atoms. The average molecular weight is 443 g/mol. The van der Waals surface area contributed by atoms with Crippen molar-refractivity contribution < 1.29 is 14.5 Å². The Kier molecular flexibility index (Phi) is 6.12.